The summed E-state index contributed by atoms with van der Waals surface area (Å²) < 4.78 is 0. The number of nitrogens with zero attached hydrogens (tertiary/aromatic N) is 4. The van der Waals surface area contributed by atoms with Gasteiger partial charge in [0.2, 0.25) is 17.2 Å². The minimum Gasteiger partial charge on any atom is -0.351 e. The zero-order valence-corrected chi connectivity index (χ0v) is 10.2. The first kappa shape index (κ1) is 11.9. The third kappa shape index (κ3) is 3.71. The van der Waals surface area contributed by atoms with E-state index < -0.39 is 0 Å². The minimum atomic E-state index is -0.0211. The highest BCUT2D eigenvalue weighted by atomic mass is 35.5. The summed E-state index contributed by atoms with van der Waals surface area (Å²) >= 11 is 5.81. The molecule has 7 heteroatoms. The second-order valence-corrected chi connectivity index (χ2v) is 4.42. The van der Waals surface area contributed by atoms with Crippen molar-refractivity contribution in [1.29, 1.82) is 5.26 Å². The summed E-state index contributed by atoms with van der Waals surface area (Å²) in [7, 11) is 0. The maximum atomic E-state index is 8.57. The van der Waals surface area contributed by atoms with E-state index in [0.717, 1.165) is 12.8 Å². The lowest BCUT2D eigenvalue weighted by atomic mass is 10.3. The smallest absolute Gasteiger partial charge is 0.229 e. The highest BCUT2D eigenvalue weighted by Gasteiger charge is 2.22. The van der Waals surface area contributed by atoms with Crippen molar-refractivity contribution in [3.05, 3.63) is 5.28 Å². The standard InChI is InChI=1S/C10H13ClN6/c1-6(4-5-12)13-9-15-8(11)16-10(17-9)14-7-2-3-7/h6-7H,2-4H2,1H3,(H2,13,14,15,16,17). The van der Waals surface area contributed by atoms with Crippen molar-refractivity contribution in [2.24, 2.45) is 0 Å². The van der Waals surface area contributed by atoms with E-state index >= 15 is 0 Å². The molecule has 1 aromatic rings. The predicted molar refractivity (Wildman–Crippen MR) is 64.8 cm³/mol. The fourth-order valence-corrected chi connectivity index (χ4v) is 1.46. The average Bonchev–Trinajstić information content (AvgIpc) is 3.00. The molecule has 1 unspecified atom stereocenters. The van der Waals surface area contributed by atoms with Gasteiger partial charge in [-0.15, -0.1) is 0 Å². The van der Waals surface area contributed by atoms with Gasteiger partial charge in [-0.05, 0) is 31.4 Å². The molecule has 1 heterocycles. The topological polar surface area (TPSA) is 86.5 Å². The number of rotatable bonds is 5. The number of halogens is 1. The number of nitriles is 1. The Morgan fingerprint density at radius 2 is 2.12 bits per heavy atom. The van der Waals surface area contributed by atoms with Crippen LogP contribution in [0, 0.1) is 11.3 Å². The third-order valence-corrected chi connectivity index (χ3v) is 2.46. The number of aromatic nitrogens is 3. The first-order chi connectivity index (χ1) is 8.17. The van der Waals surface area contributed by atoms with Crippen molar-refractivity contribution in [1.82, 2.24) is 15.0 Å². The predicted octanol–water partition coefficient (Wildman–Crippen LogP) is 1.81. The SMILES string of the molecule is CC(CC#N)Nc1nc(Cl)nc(NC2CC2)n1. The van der Waals surface area contributed by atoms with E-state index in [0.29, 0.717) is 24.4 Å². The molecule has 0 spiro atoms. The van der Waals surface area contributed by atoms with Crippen LogP contribution in [0.15, 0.2) is 0 Å². The molecular formula is C10H13ClN6. The van der Waals surface area contributed by atoms with E-state index in [1.807, 2.05) is 6.92 Å². The molecule has 2 N–H and O–H groups in total. The quantitative estimate of drug-likeness (QED) is 0.831. The van der Waals surface area contributed by atoms with E-state index in [1.54, 1.807) is 0 Å². The number of nitrogens with one attached hydrogen (secondary N) is 2. The van der Waals surface area contributed by atoms with Crippen LogP contribution < -0.4 is 10.6 Å². The number of hydrogen-bond acceptors (Lipinski definition) is 6. The first-order valence-corrected chi connectivity index (χ1v) is 5.87. The van der Waals surface area contributed by atoms with Crippen LogP contribution in [0.5, 0.6) is 0 Å². The highest BCUT2D eigenvalue weighted by Crippen LogP contribution is 2.23. The van der Waals surface area contributed by atoms with Crippen molar-refractivity contribution >= 4 is 23.5 Å². The fourth-order valence-electron chi connectivity index (χ4n) is 1.30. The summed E-state index contributed by atoms with van der Waals surface area (Å²) in [4.78, 5) is 12.2. The Kier molecular flexibility index (Phi) is 3.59. The summed E-state index contributed by atoms with van der Waals surface area (Å²) in [6, 6.07) is 2.51. The van der Waals surface area contributed by atoms with Gasteiger partial charge in [0.25, 0.3) is 0 Å². The van der Waals surface area contributed by atoms with E-state index in [-0.39, 0.29) is 11.3 Å². The summed E-state index contributed by atoms with van der Waals surface area (Å²) in [6.07, 6.45) is 2.66. The van der Waals surface area contributed by atoms with Gasteiger partial charge in [0, 0.05) is 12.1 Å². The third-order valence-electron chi connectivity index (χ3n) is 2.29. The van der Waals surface area contributed by atoms with Crippen molar-refractivity contribution in [3.63, 3.8) is 0 Å². The molecule has 1 fully saturated rings. The molecular weight excluding hydrogens is 240 g/mol. The first-order valence-electron chi connectivity index (χ1n) is 5.49. The van der Waals surface area contributed by atoms with Crippen molar-refractivity contribution in [3.8, 4) is 6.07 Å². The molecule has 0 bridgehead atoms. The van der Waals surface area contributed by atoms with Crippen LogP contribution in [0.1, 0.15) is 26.2 Å². The number of hydrogen-bond donors (Lipinski definition) is 2. The van der Waals surface area contributed by atoms with Crippen molar-refractivity contribution < 1.29 is 0 Å². The van der Waals surface area contributed by atoms with Crippen LogP contribution in [0.2, 0.25) is 5.28 Å². The van der Waals surface area contributed by atoms with E-state index in [1.165, 1.54) is 0 Å². The molecule has 0 aromatic carbocycles. The Morgan fingerprint density at radius 3 is 2.76 bits per heavy atom. The summed E-state index contributed by atoms with van der Waals surface area (Å²) in [5.41, 5.74) is 0. The molecule has 1 atom stereocenters. The van der Waals surface area contributed by atoms with Crippen LogP contribution in [-0.2, 0) is 0 Å². The molecule has 2 rings (SSSR count). The monoisotopic (exact) mass is 252 g/mol. The summed E-state index contributed by atoms with van der Waals surface area (Å²) in [5, 5.41) is 14.9. The maximum Gasteiger partial charge on any atom is 0.229 e. The van der Waals surface area contributed by atoms with E-state index in [2.05, 4.69) is 31.7 Å². The van der Waals surface area contributed by atoms with Crippen LogP contribution in [-0.4, -0.2) is 27.0 Å². The summed E-state index contributed by atoms with van der Waals surface area (Å²) in [5.74, 6) is 0.884. The van der Waals surface area contributed by atoms with Crippen LogP contribution in [0.3, 0.4) is 0 Å². The second kappa shape index (κ2) is 5.15. The molecule has 0 saturated heterocycles. The molecule has 90 valence electrons. The van der Waals surface area contributed by atoms with Crippen LogP contribution in [0.25, 0.3) is 0 Å². The van der Waals surface area contributed by atoms with Gasteiger partial charge >= 0.3 is 0 Å². The molecule has 0 radical (unpaired) electrons. The summed E-state index contributed by atoms with van der Waals surface area (Å²) in [6.45, 7) is 1.88. The lowest BCUT2D eigenvalue weighted by Crippen LogP contribution is -2.17. The van der Waals surface area contributed by atoms with Gasteiger partial charge in [0.05, 0.1) is 12.5 Å². The molecule has 1 aliphatic rings. The average molecular weight is 253 g/mol. The van der Waals surface area contributed by atoms with E-state index in [9.17, 15) is 0 Å². The van der Waals surface area contributed by atoms with Gasteiger partial charge in [-0.3, -0.25) is 0 Å². The normalized spacial score (nSPS) is 16.1. The Balaban J connectivity index is 2.05. The molecule has 17 heavy (non-hydrogen) atoms. The van der Waals surface area contributed by atoms with Gasteiger partial charge in [0.1, 0.15) is 0 Å². The van der Waals surface area contributed by atoms with Gasteiger partial charge in [-0.25, -0.2) is 0 Å². The highest BCUT2D eigenvalue weighted by molar-refractivity contribution is 6.28. The minimum absolute atomic E-state index is 0.0211. The lowest BCUT2D eigenvalue weighted by molar-refractivity contribution is 0.801. The van der Waals surface area contributed by atoms with E-state index in [4.69, 9.17) is 16.9 Å². The molecule has 1 saturated carbocycles. The Morgan fingerprint density at radius 1 is 1.41 bits per heavy atom. The molecule has 6 nitrogen and oxygen atoms in total. The van der Waals surface area contributed by atoms with Crippen LogP contribution in [0.4, 0.5) is 11.9 Å². The maximum absolute atomic E-state index is 8.57. The second-order valence-electron chi connectivity index (χ2n) is 4.08. The van der Waals surface area contributed by atoms with Crippen molar-refractivity contribution in [2.45, 2.75) is 38.3 Å². The van der Waals surface area contributed by atoms with Crippen LogP contribution >= 0.6 is 11.6 Å². The largest absolute Gasteiger partial charge is 0.351 e. The molecule has 1 aromatic heterocycles. The fraction of sp³-hybridized carbons (Fsp3) is 0.600. The molecule has 1 aliphatic carbocycles. The number of anilines is 2. The van der Waals surface area contributed by atoms with Gasteiger partial charge in [-0.2, -0.15) is 20.2 Å². The molecule has 0 amide bonds. The molecule has 0 aliphatic heterocycles. The Labute approximate surface area is 104 Å². The zero-order chi connectivity index (χ0) is 12.3. The Hall–Kier alpha value is -1.61. The van der Waals surface area contributed by atoms with Gasteiger partial charge < -0.3 is 10.6 Å². The van der Waals surface area contributed by atoms with Crippen molar-refractivity contribution in [2.75, 3.05) is 10.6 Å². The zero-order valence-electron chi connectivity index (χ0n) is 9.44. The van der Waals surface area contributed by atoms with Gasteiger partial charge in [0.15, 0.2) is 0 Å². The Bertz CT molecular complexity index is 439. The lowest BCUT2D eigenvalue weighted by Gasteiger charge is -2.11. The van der Waals surface area contributed by atoms with Gasteiger partial charge in [-0.1, -0.05) is 0 Å².